The van der Waals surface area contributed by atoms with Crippen LogP contribution in [0.3, 0.4) is 0 Å². The molecule has 1 aromatic rings. The van der Waals surface area contributed by atoms with Gasteiger partial charge in [-0.1, -0.05) is 12.1 Å². The molecule has 2 aliphatic carbocycles. The van der Waals surface area contributed by atoms with Gasteiger partial charge in [0.25, 0.3) is 0 Å². The first-order valence-electron chi connectivity index (χ1n) is 14.7. The van der Waals surface area contributed by atoms with Crippen molar-refractivity contribution in [1.82, 2.24) is 16.0 Å². The highest BCUT2D eigenvalue weighted by Crippen LogP contribution is 2.41. The van der Waals surface area contributed by atoms with Crippen molar-refractivity contribution in [3.63, 3.8) is 0 Å². The van der Waals surface area contributed by atoms with Crippen molar-refractivity contribution in [1.29, 1.82) is 0 Å². The summed E-state index contributed by atoms with van der Waals surface area (Å²) in [5, 5.41) is 8.25. The second-order valence-corrected chi connectivity index (χ2v) is 11.7. The van der Waals surface area contributed by atoms with Gasteiger partial charge < -0.3 is 30.2 Å². The largest absolute Gasteiger partial charge is 0.493 e. The van der Waals surface area contributed by atoms with E-state index in [2.05, 4.69) is 20.9 Å². The van der Waals surface area contributed by atoms with E-state index in [1.807, 2.05) is 19.1 Å². The van der Waals surface area contributed by atoms with Crippen molar-refractivity contribution < 1.29 is 32.6 Å². The molecule has 0 spiro atoms. The third-order valence-electron chi connectivity index (χ3n) is 8.30. The second-order valence-electron chi connectivity index (χ2n) is 11.7. The molecule has 2 amide bonds. The Morgan fingerprint density at radius 3 is 2.50 bits per heavy atom. The third kappa shape index (κ3) is 7.16. The number of rotatable bonds is 9. The molecule has 0 saturated carbocycles. The molecule has 1 aromatic carbocycles. The topological polar surface area (TPSA) is 110 Å². The van der Waals surface area contributed by atoms with E-state index in [0.717, 1.165) is 25.9 Å². The van der Waals surface area contributed by atoms with Gasteiger partial charge in [0.2, 0.25) is 0 Å². The smallest absolute Gasteiger partial charge is 0.313 e. The van der Waals surface area contributed by atoms with Gasteiger partial charge in [0.05, 0.1) is 30.9 Å². The molecule has 4 aliphatic rings. The fourth-order valence-electron chi connectivity index (χ4n) is 5.63. The summed E-state index contributed by atoms with van der Waals surface area (Å²) < 4.78 is 47.1. The second kappa shape index (κ2) is 13.3. The minimum Gasteiger partial charge on any atom is -0.493 e. The first kappa shape index (κ1) is 31.3. The molecule has 0 aromatic heterocycles. The summed E-state index contributed by atoms with van der Waals surface area (Å²) in [5.41, 5.74) is -0.913. The Hall–Kier alpha value is -4.09. The number of nitrogens with zero attached hydrogens (tertiary/aromatic N) is 1. The van der Waals surface area contributed by atoms with Crippen LogP contribution < -0.4 is 16.0 Å². The van der Waals surface area contributed by atoms with Crippen LogP contribution in [0.4, 0.5) is 8.78 Å². The van der Waals surface area contributed by atoms with Gasteiger partial charge in [-0.2, -0.15) is 0 Å². The number of aliphatic imine (C=N–C) groups is 1. The lowest BCUT2D eigenvalue weighted by atomic mass is 9.79. The Bertz CT molecular complexity index is 1440. The van der Waals surface area contributed by atoms with E-state index in [9.17, 15) is 14.0 Å². The Kier molecular flexibility index (Phi) is 9.45. The molecule has 2 aliphatic heterocycles. The SMILES string of the molecule is COC1=CC2C(=NC=CC2(C)OC2(C)C=CC(NC(=O)C(=O)NCc3ccc(F)cc3)=CC2F)C=C1OCC1CCNCC1. The molecule has 3 N–H and O–H groups in total. The van der Waals surface area contributed by atoms with Crippen molar-refractivity contribution in [2.75, 3.05) is 26.8 Å². The molecule has 0 radical (unpaired) electrons. The van der Waals surface area contributed by atoms with E-state index in [-0.39, 0.29) is 18.2 Å². The number of ether oxygens (including phenoxy) is 3. The van der Waals surface area contributed by atoms with E-state index >= 15 is 4.39 Å². The first-order valence-corrected chi connectivity index (χ1v) is 14.7. The fraction of sp³-hybridized carbons (Fsp3) is 0.424. The van der Waals surface area contributed by atoms with Gasteiger partial charge in [0.15, 0.2) is 17.7 Å². The number of alkyl halides is 1. The highest BCUT2D eigenvalue weighted by molar-refractivity contribution is 6.35. The number of benzene rings is 1. The minimum absolute atomic E-state index is 0.0396. The Morgan fingerprint density at radius 1 is 1.05 bits per heavy atom. The molecule has 9 nitrogen and oxygen atoms in total. The number of allylic oxidation sites excluding steroid dienone is 2. The van der Waals surface area contributed by atoms with Crippen molar-refractivity contribution in [3.8, 4) is 0 Å². The fourth-order valence-corrected chi connectivity index (χ4v) is 5.63. The molecular formula is C33H38F2N4O5. The molecule has 11 heteroatoms. The number of methoxy groups -OCH3 is 1. The third-order valence-corrected chi connectivity index (χ3v) is 8.30. The van der Waals surface area contributed by atoms with Crippen molar-refractivity contribution in [2.45, 2.75) is 50.6 Å². The average molecular weight is 609 g/mol. The molecule has 4 atom stereocenters. The van der Waals surface area contributed by atoms with Crippen LogP contribution in [0, 0.1) is 17.7 Å². The first-order chi connectivity index (χ1) is 21.1. The van der Waals surface area contributed by atoms with Crippen LogP contribution in [0.15, 0.2) is 89.1 Å². The normalized spacial score (nSPS) is 28.1. The van der Waals surface area contributed by atoms with Crippen molar-refractivity contribution >= 4 is 17.5 Å². The van der Waals surface area contributed by atoms with Gasteiger partial charge in [-0.15, -0.1) is 0 Å². The predicted octanol–water partition coefficient (Wildman–Crippen LogP) is 3.91. The molecular weight excluding hydrogens is 570 g/mol. The summed E-state index contributed by atoms with van der Waals surface area (Å²) in [6.07, 6.45) is 11.9. The van der Waals surface area contributed by atoms with E-state index in [4.69, 9.17) is 14.2 Å². The summed E-state index contributed by atoms with van der Waals surface area (Å²) >= 11 is 0. The van der Waals surface area contributed by atoms with E-state index in [1.54, 1.807) is 26.3 Å². The number of carbonyl (C=O) groups excluding carboxylic acids is 2. The maximum absolute atomic E-state index is 15.7. The molecule has 4 unspecified atom stereocenters. The predicted molar refractivity (Wildman–Crippen MR) is 161 cm³/mol. The van der Waals surface area contributed by atoms with Gasteiger partial charge in [-0.3, -0.25) is 14.6 Å². The van der Waals surface area contributed by atoms with Gasteiger partial charge in [0, 0.05) is 24.5 Å². The lowest BCUT2D eigenvalue weighted by molar-refractivity contribution is -0.138. The molecule has 44 heavy (non-hydrogen) atoms. The van der Waals surface area contributed by atoms with Crippen LogP contribution in [0.1, 0.15) is 32.3 Å². The Balaban J connectivity index is 1.20. The van der Waals surface area contributed by atoms with Gasteiger partial charge >= 0.3 is 11.8 Å². The van der Waals surface area contributed by atoms with E-state index in [1.165, 1.54) is 42.5 Å². The summed E-state index contributed by atoms with van der Waals surface area (Å²) in [6, 6.07) is 5.53. The summed E-state index contributed by atoms with van der Waals surface area (Å²) in [4.78, 5) is 29.3. The molecule has 2 heterocycles. The molecule has 234 valence electrons. The minimum atomic E-state index is -1.65. The van der Waals surface area contributed by atoms with Gasteiger partial charge in [0.1, 0.15) is 11.4 Å². The Labute approximate surface area is 255 Å². The van der Waals surface area contributed by atoms with Gasteiger partial charge in [-0.05, 0) is 93.8 Å². The molecule has 1 fully saturated rings. The number of hydrogen-bond donors (Lipinski definition) is 3. The monoisotopic (exact) mass is 608 g/mol. The number of nitrogens with one attached hydrogen (secondary N) is 3. The summed E-state index contributed by atoms with van der Waals surface area (Å²) in [5.74, 6) is -0.990. The van der Waals surface area contributed by atoms with Crippen molar-refractivity contribution in [2.24, 2.45) is 16.8 Å². The van der Waals surface area contributed by atoms with Crippen molar-refractivity contribution in [3.05, 3.63) is 95.5 Å². The van der Waals surface area contributed by atoms with Crippen LogP contribution in [0.25, 0.3) is 0 Å². The number of hydrogen-bond acceptors (Lipinski definition) is 7. The standard InChI is InChI=1S/C33H38F2N4O5/c1-32(12-15-37-26-18-28(27(42-3)17-25(26)32)43-20-22-9-13-36-14-10-22)44-33(2)11-8-24(16-29(33)35)39-31(41)30(40)38-19-21-4-6-23(34)7-5-21/h4-8,11-12,15-18,22,25,29,36H,9-10,13-14,19-20H2,1-3H3,(H,38,40)(H,39,41). The summed E-state index contributed by atoms with van der Waals surface area (Å²) in [6.45, 7) is 6.07. The van der Waals surface area contributed by atoms with Crippen LogP contribution in [-0.4, -0.2) is 61.7 Å². The summed E-state index contributed by atoms with van der Waals surface area (Å²) in [7, 11) is 1.58. The van der Waals surface area contributed by atoms with Crippen LogP contribution in [0.5, 0.6) is 0 Å². The molecule has 5 rings (SSSR count). The number of amides is 2. The average Bonchev–Trinajstić information content (AvgIpc) is 3.01. The number of carbonyl (C=O) groups is 2. The highest BCUT2D eigenvalue weighted by atomic mass is 19.1. The van der Waals surface area contributed by atoms with Crippen LogP contribution in [-0.2, 0) is 30.3 Å². The zero-order valence-corrected chi connectivity index (χ0v) is 25.1. The highest BCUT2D eigenvalue weighted by Gasteiger charge is 2.47. The maximum Gasteiger partial charge on any atom is 0.313 e. The zero-order chi connectivity index (χ0) is 31.3. The van der Waals surface area contributed by atoms with Gasteiger partial charge in [-0.25, -0.2) is 8.78 Å². The molecule has 0 bridgehead atoms. The lowest BCUT2D eigenvalue weighted by Gasteiger charge is -2.44. The quantitative estimate of drug-likeness (QED) is 0.367. The van der Waals surface area contributed by atoms with Crippen LogP contribution in [0.2, 0.25) is 0 Å². The van der Waals surface area contributed by atoms with Crippen LogP contribution >= 0.6 is 0 Å². The molecule has 1 saturated heterocycles. The number of halogens is 2. The Morgan fingerprint density at radius 2 is 1.80 bits per heavy atom. The lowest BCUT2D eigenvalue weighted by Crippen LogP contribution is -2.51. The zero-order valence-electron chi connectivity index (χ0n) is 25.1. The number of fused-ring (bicyclic) bond motifs is 1. The maximum atomic E-state index is 15.7. The van der Waals surface area contributed by atoms with E-state index in [0.29, 0.717) is 35.3 Å². The van der Waals surface area contributed by atoms with E-state index < -0.39 is 35.0 Å². The number of piperidine rings is 1.